The number of ether oxygens (including phenoxy) is 1. The first-order valence-electron chi connectivity index (χ1n) is 5.93. The summed E-state index contributed by atoms with van der Waals surface area (Å²) in [5.74, 6) is -0.101. The van der Waals surface area contributed by atoms with E-state index >= 15 is 0 Å². The Kier molecular flexibility index (Phi) is 4.86. The first kappa shape index (κ1) is 12.3. The van der Waals surface area contributed by atoms with Crippen LogP contribution in [0.15, 0.2) is 12.7 Å². The average molecular weight is 210 g/mol. The molecule has 0 amide bonds. The molecular weight excluding hydrogens is 188 g/mol. The summed E-state index contributed by atoms with van der Waals surface area (Å²) in [5, 5.41) is 0. The second kappa shape index (κ2) is 5.94. The van der Waals surface area contributed by atoms with Gasteiger partial charge in [0.25, 0.3) is 0 Å². The van der Waals surface area contributed by atoms with Crippen molar-refractivity contribution in [2.75, 3.05) is 7.11 Å². The van der Waals surface area contributed by atoms with Crippen molar-refractivity contribution in [2.45, 2.75) is 51.4 Å². The van der Waals surface area contributed by atoms with Gasteiger partial charge in [0, 0.05) is 0 Å². The van der Waals surface area contributed by atoms with E-state index in [1.807, 2.05) is 6.08 Å². The molecule has 2 heteroatoms. The smallest absolute Gasteiger partial charge is 0.306 e. The standard InChI is InChI=1S/C13H22O2/c1-3-13(11-12(14)15-2)9-7-5-4-6-8-10-13/h3H,1,4-11H2,2H3. The monoisotopic (exact) mass is 210 g/mol. The normalized spacial score (nSPS) is 21.1. The Labute approximate surface area is 92.7 Å². The fourth-order valence-corrected chi connectivity index (χ4v) is 2.42. The third-order valence-electron chi connectivity index (χ3n) is 3.51. The molecule has 0 aromatic rings. The zero-order valence-electron chi connectivity index (χ0n) is 9.76. The molecule has 1 rings (SSSR count). The van der Waals surface area contributed by atoms with E-state index in [4.69, 9.17) is 4.74 Å². The molecule has 0 bridgehead atoms. The Morgan fingerprint density at radius 2 is 1.80 bits per heavy atom. The number of hydrogen-bond donors (Lipinski definition) is 0. The number of carbonyl (C=O) groups excluding carboxylic acids is 1. The lowest BCUT2D eigenvalue weighted by Crippen LogP contribution is -2.24. The maximum absolute atomic E-state index is 11.4. The molecule has 0 aromatic heterocycles. The zero-order valence-corrected chi connectivity index (χ0v) is 9.76. The van der Waals surface area contributed by atoms with Crippen LogP contribution in [0.5, 0.6) is 0 Å². The summed E-state index contributed by atoms with van der Waals surface area (Å²) in [7, 11) is 1.46. The maximum Gasteiger partial charge on any atom is 0.306 e. The predicted molar refractivity (Wildman–Crippen MR) is 61.6 cm³/mol. The summed E-state index contributed by atoms with van der Waals surface area (Å²) in [4.78, 5) is 11.4. The molecule has 0 aromatic carbocycles. The minimum atomic E-state index is -0.101. The van der Waals surface area contributed by atoms with Crippen molar-refractivity contribution in [1.82, 2.24) is 0 Å². The van der Waals surface area contributed by atoms with Crippen LogP contribution in [-0.2, 0) is 9.53 Å². The van der Waals surface area contributed by atoms with Crippen molar-refractivity contribution >= 4 is 5.97 Å². The van der Waals surface area contributed by atoms with E-state index < -0.39 is 0 Å². The Morgan fingerprint density at radius 1 is 1.27 bits per heavy atom. The second-order valence-corrected chi connectivity index (χ2v) is 4.59. The van der Waals surface area contributed by atoms with E-state index in [-0.39, 0.29) is 11.4 Å². The molecule has 0 aliphatic heterocycles. The summed E-state index contributed by atoms with van der Waals surface area (Å²) in [6.07, 6.45) is 11.0. The van der Waals surface area contributed by atoms with Gasteiger partial charge in [-0.2, -0.15) is 0 Å². The van der Waals surface area contributed by atoms with Crippen LogP contribution in [0, 0.1) is 5.41 Å². The molecule has 86 valence electrons. The molecule has 0 atom stereocenters. The number of rotatable bonds is 3. The number of allylic oxidation sites excluding steroid dienone is 1. The molecule has 1 aliphatic carbocycles. The van der Waals surface area contributed by atoms with E-state index in [2.05, 4.69) is 6.58 Å². The van der Waals surface area contributed by atoms with E-state index in [0.29, 0.717) is 6.42 Å². The van der Waals surface area contributed by atoms with E-state index in [9.17, 15) is 4.79 Å². The molecule has 0 unspecified atom stereocenters. The van der Waals surface area contributed by atoms with Crippen LogP contribution < -0.4 is 0 Å². The molecule has 0 heterocycles. The van der Waals surface area contributed by atoms with Gasteiger partial charge in [0.1, 0.15) is 0 Å². The predicted octanol–water partition coefficient (Wildman–Crippen LogP) is 3.47. The topological polar surface area (TPSA) is 26.3 Å². The summed E-state index contributed by atoms with van der Waals surface area (Å²) in [6.45, 7) is 3.91. The fourth-order valence-electron chi connectivity index (χ4n) is 2.42. The zero-order chi connectivity index (χ0) is 11.1. The van der Waals surface area contributed by atoms with Crippen LogP contribution in [0.3, 0.4) is 0 Å². The van der Waals surface area contributed by atoms with Crippen molar-refractivity contribution in [3.8, 4) is 0 Å². The van der Waals surface area contributed by atoms with Crippen molar-refractivity contribution in [3.05, 3.63) is 12.7 Å². The molecule has 0 radical (unpaired) electrons. The third-order valence-corrected chi connectivity index (χ3v) is 3.51. The largest absolute Gasteiger partial charge is 0.469 e. The minimum absolute atomic E-state index is 0.00745. The summed E-state index contributed by atoms with van der Waals surface area (Å²) < 4.78 is 4.77. The quantitative estimate of drug-likeness (QED) is 0.526. The molecule has 0 N–H and O–H groups in total. The van der Waals surface area contributed by atoms with Crippen molar-refractivity contribution < 1.29 is 9.53 Å². The highest BCUT2D eigenvalue weighted by Crippen LogP contribution is 2.38. The number of esters is 1. The lowest BCUT2D eigenvalue weighted by Gasteiger charge is -2.31. The highest BCUT2D eigenvalue weighted by Gasteiger charge is 2.29. The molecule has 0 spiro atoms. The van der Waals surface area contributed by atoms with Crippen LogP contribution in [0.4, 0.5) is 0 Å². The minimum Gasteiger partial charge on any atom is -0.469 e. The van der Waals surface area contributed by atoms with Gasteiger partial charge in [-0.15, -0.1) is 6.58 Å². The molecule has 1 aliphatic rings. The second-order valence-electron chi connectivity index (χ2n) is 4.59. The first-order chi connectivity index (χ1) is 7.22. The van der Waals surface area contributed by atoms with E-state index in [1.54, 1.807) is 0 Å². The van der Waals surface area contributed by atoms with Crippen LogP contribution in [0.1, 0.15) is 51.4 Å². The average Bonchev–Trinajstić information content (AvgIpc) is 2.22. The lowest BCUT2D eigenvalue weighted by atomic mass is 9.74. The van der Waals surface area contributed by atoms with Gasteiger partial charge in [-0.1, -0.05) is 38.2 Å². The third kappa shape index (κ3) is 3.69. The van der Waals surface area contributed by atoms with Gasteiger partial charge in [0.15, 0.2) is 0 Å². The van der Waals surface area contributed by atoms with E-state index in [1.165, 1.54) is 39.2 Å². The highest BCUT2D eigenvalue weighted by molar-refractivity contribution is 5.70. The number of hydrogen-bond acceptors (Lipinski definition) is 2. The number of carbonyl (C=O) groups is 1. The van der Waals surface area contributed by atoms with Gasteiger partial charge in [0.2, 0.25) is 0 Å². The summed E-state index contributed by atoms with van der Waals surface area (Å²) in [6, 6.07) is 0. The van der Waals surface area contributed by atoms with Gasteiger partial charge in [-0.25, -0.2) is 0 Å². The van der Waals surface area contributed by atoms with Crippen molar-refractivity contribution in [3.63, 3.8) is 0 Å². The van der Waals surface area contributed by atoms with Gasteiger partial charge in [0.05, 0.1) is 13.5 Å². The summed E-state index contributed by atoms with van der Waals surface area (Å²) >= 11 is 0. The molecule has 15 heavy (non-hydrogen) atoms. The number of methoxy groups -OCH3 is 1. The van der Waals surface area contributed by atoms with Crippen LogP contribution >= 0.6 is 0 Å². The first-order valence-corrected chi connectivity index (χ1v) is 5.93. The SMILES string of the molecule is C=CC1(CC(=O)OC)CCCCCCC1. The Balaban J connectivity index is 2.61. The molecule has 2 nitrogen and oxygen atoms in total. The van der Waals surface area contributed by atoms with Crippen molar-refractivity contribution in [2.24, 2.45) is 5.41 Å². The lowest BCUT2D eigenvalue weighted by molar-refractivity contribution is -0.143. The molecule has 0 saturated heterocycles. The van der Waals surface area contributed by atoms with Gasteiger partial charge < -0.3 is 4.74 Å². The Bertz CT molecular complexity index is 213. The maximum atomic E-state index is 11.4. The van der Waals surface area contributed by atoms with Crippen LogP contribution in [0.2, 0.25) is 0 Å². The van der Waals surface area contributed by atoms with Crippen LogP contribution in [-0.4, -0.2) is 13.1 Å². The van der Waals surface area contributed by atoms with Gasteiger partial charge in [-0.3, -0.25) is 4.79 Å². The Morgan fingerprint density at radius 3 is 2.27 bits per heavy atom. The van der Waals surface area contributed by atoms with Crippen molar-refractivity contribution in [1.29, 1.82) is 0 Å². The molecule has 1 fully saturated rings. The molecular formula is C13H22O2. The fraction of sp³-hybridized carbons (Fsp3) is 0.769. The van der Waals surface area contributed by atoms with E-state index in [0.717, 1.165) is 12.8 Å². The van der Waals surface area contributed by atoms with Crippen LogP contribution in [0.25, 0.3) is 0 Å². The summed E-state index contributed by atoms with van der Waals surface area (Å²) in [5.41, 5.74) is 0.00745. The Hall–Kier alpha value is -0.790. The highest BCUT2D eigenvalue weighted by atomic mass is 16.5. The van der Waals surface area contributed by atoms with Gasteiger partial charge in [-0.05, 0) is 18.3 Å². The van der Waals surface area contributed by atoms with Gasteiger partial charge >= 0.3 is 5.97 Å². The molecule has 1 saturated carbocycles.